The fourth-order valence-electron chi connectivity index (χ4n) is 4.86. The van der Waals surface area contributed by atoms with Gasteiger partial charge in [0.1, 0.15) is 0 Å². The standard InChI is InChI=1S/C29H29N7O2/c37-28(33-24-16-32-36(19-24)18-20-4-2-1-3-5-20)23-13-25(29(38)31-15-23)27-14-22-12-21(6-7-26(22)34-27)17-35-10-8-30-9-11-35/h1-7,12-16,19,30,34H,8-11,17-18H2,(H,31,38)(H,33,37). The Balaban J connectivity index is 1.19. The Hall–Kier alpha value is -4.47. The van der Waals surface area contributed by atoms with Crippen LogP contribution in [0, 0.1) is 0 Å². The molecule has 6 rings (SSSR count). The van der Waals surface area contributed by atoms with Crippen LogP contribution < -0.4 is 16.2 Å². The minimum Gasteiger partial charge on any atom is -0.354 e. The fourth-order valence-corrected chi connectivity index (χ4v) is 4.86. The summed E-state index contributed by atoms with van der Waals surface area (Å²) in [4.78, 5) is 34.2. The second kappa shape index (κ2) is 10.5. The van der Waals surface area contributed by atoms with Gasteiger partial charge in [0.15, 0.2) is 0 Å². The number of carbonyl (C=O) groups excluding carboxylic acids is 1. The number of hydrogen-bond acceptors (Lipinski definition) is 5. The number of aromatic nitrogens is 4. The molecule has 0 unspecified atom stereocenters. The Morgan fingerprint density at radius 3 is 2.66 bits per heavy atom. The SMILES string of the molecule is O=C(Nc1cnn(Cc2ccccc2)c1)c1c[nH]c(=O)c(-c2cc3cc(CN4CCNCC4)ccc3[nH]2)c1. The topological polar surface area (TPSA) is 111 Å². The van der Waals surface area contributed by atoms with E-state index in [4.69, 9.17) is 0 Å². The van der Waals surface area contributed by atoms with E-state index in [-0.39, 0.29) is 11.5 Å². The number of nitrogens with one attached hydrogen (secondary N) is 4. The van der Waals surface area contributed by atoms with E-state index in [1.807, 2.05) is 42.5 Å². The van der Waals surface area contributed by atoms with Crippen molar-refractivity contribution < 1.29 is 4.79 Å². The quantitative estimate of drug-likeness (QED) is 0.270. The van der Waals surface area contributed by atoms with Crippen molar-refractivity contribution in [1.29, 1.82) is 0 Å². The molecular weight excluding hydrogens is 478 g/mol. The fraction of sp³-hybridized carbons (Fsp3) is 0.207. The van der Waals surface area contributed by atoms with Gasteiger partial charge < -0.3 is 20.6 Å². The molecule has 0 bridgehead atoms. The lowest BCUT2D eigenvalue weighted by Crippen LogP contribution is -2.42. The molecule has 1 aliphatic rings. The molecule has 0 saturated carbocycles. The zero-order valence-corrected chi connectivity index (χ0v) is 20.9. The molecule has 0 radical (unpaired) electrons. The lowest BCUT2D eigenvalue weighted by molar-refractivity contribution is 0.102. The summed E-state index contributed by atoms with van der Waals surface area (Å²) < 4.78 is 1.77. The van der Waals surface area contributed by atoms with Crippen molar-refractivity contribution in [2.45, 2.75) is 13.1 Å². The van der Waals surface area contributed by atoms with E-state index in [9.17, 15) is 9.59 Å². The monoisotopic (exact) mass is 507 g/mol. The predicted octanol–water partition coefficient (Wildman–Crippen LogP) is 3.43. The van der Waals surface area contributed by atoms with Gasteiger partial charge >= 0.3 is 0 Å². The molecule has 9 nitrogen and oxygen atoms in total. The maximum Gasteiger partial charge on any atom is 0.257 e. The Morgan fingerprint density at radius 2 is 1.82 bits per heavy atom. The second-order valence-corrected chi connectivity index (χ2v) is 9.63. The van der Waals surface area contributed by atoms with E-state index in [1.165, 1.54) is 11.8 Å². The molecule has 1 aliphatic heterocycles. The van der Waals surface area contributed by atoms with Crippen molar-refractivity contribution in [3.8, 4) is 11.3 Å². The Labute approximate surface area is 219 Å². The Morgan fingerprint density at radius 1 is 0.974 bits per heavy atom. The van der Waals surface area contributed by atoms with Crippen LogP contribution in [0.15, 0.2) is 84.0 Å². The van der Waals surface area contributed by atoms with Crippen molar-refractivity contribution in [3.05, 3.63) is 106 Å². The van der Waals surface area contributed by atoms with Crippen LogP contribution in [-0.2, 0) is 13.1 Å². The van der Waals surface area contributed by atoms with Crippen LogP contribution in [0.3, 0.4) is 0 Å². The lowest BCUT2D eigenvalue weighted by Gasteiger charge is -2.27. The summed E-state index contributed by atoms with van der Waals surface area (Å²) in [5.74, 6) is -0.323. The maximum absolute atomic E-state index is 13.0. The molecule has 0 aliphatic carbocycles. The summed E-state index contributed by atoms with van der Waals surface area (Å²) in [6, 6.07) is 19.9. The van der Waals surface area contributed by atoms with Crippen LogP contribution in [0.1, 0.15) is 21.5 Å². The van der Waals surface area contributed by atoms with E-state index in [1.54, 1.807) is 23.1 Å². The first kappa shape index (κ1) is 23.9. The van der Waals surface area contributed by atoms with Crippen LogP contribution in [0.25, 0.3) is 22.2 Å². The zero-order chi connectivity index (χ0) is 25.9. The van der Waals surface area contributed by atoms with Gasteiger partial charge in [-0.2, -0.15) is 5.10 Å². The number of piperazine rings is 1. The van der Waals surface area contributed by atoms with Gasteiger partial charge in [-0.1, -0.05) is 36.4 Å². The van der Waals surface area contributed by atoms with Crippen LogP contribution in [0.4, 0.5) is 5.69 Å². The molecule has 5 aromatic rings. The van der Waals surface area contributed by atoms with E-state index in [0.717, 1.165) is 49.2 Å². The highest BCUT2D eigenvalue weighted by Crippen LogP contribution is 2.24. The van der Waals surface area contributed by atoms with Gasteiger partial charge in [0.05, 0.1) is 35.2 Å². The van der Waals surface area contributed by atoms with E-state index in [0.29, 0.717) is 29.1 Å². The summed E-state index contributed by atoms with van der Waals surface area (Å²) >= 11 is 0. The van der Waals surface area contributed by atoms with Gasteiger partial charge in [-0.15, -0.1) is 0 Å². The Kier molecular flexibility index (Phi) is 6.60. The molecule has 4 heterocycles. The van der Waals surface area contributed by atoms with Gasteiger partial charge in [0, 0.05) is 56.0 Å². The smallest absolute Gasteiger partial charge is 0.257 e. The molecule has 0 spiro atoms. The zero-order valence-electron chi connectivity index (χ0n) is 20.9. The number of pyridine rings is 1. The molecule has 4 N–H and O–H groups in total. The average Bonchev–Trinajstić information content (AvgIpc) is 3.56. The first-order valence-corrected chi connectivity index (χ1v) is 12.8. The van der Waals surface area contributed by atoms with E-state index < -0.39 is 0 Å². The van der Waals surface area contributed by atoms with Crippen molar-refractivity contribution in [2.24, 2.45) is 0 Å². The molecular formula is C29H29N7O2. The van der Waals surface area contributed by atoms with Crippen molar-refractivity contribution in [3.63, 3.8) is 0 Å². The third kappa shape index (κ3) is 5.29. The first-order chi connectivity index (χ1) is 18.6. The normalized spacial score (nSPS) is 14.1. The molecule has 1 amide bonds. The highest BCUT2D eigenvalue weighted by Gasteiger charge is 2.15. The molecule has 192 valence electrons. The van der Waals surface area contributed by atoms with E-state index >= 15 is 0 Å². The van der Waals surface area contributed by atoms with E-state index in [2.05, 4.69) is 42.7 Å². The number of nitrogens with zero attached hydrogens (tertiary/aromatic N) is 3. The van der Waals surface area contributed by atoms with Crippen LogP contribution in [0.2, 0.25) is 0 Å². The number of fused-ring (bicyclic) bond motifs is 1. The summed E-state index contributed by atoms with van der Waals surface area (Å²) in [7, 11) is 0. The molecule has 3 aromatic heterocycles. The highest BCUT2D eigenvalue weighted by molar-refractivity contribution is 6.04. The number of hydrogen-bond donors (Lipinski definition) is 4. The largest absolute Gasteiger partial charge is 0.354 e. The molecule has 0 atom stereocenters. The van der Waals surface area contributed by atoms with Gasteiger partial charge in [-0.25, -0.2) is 0 Å². The van der Waals surface area contributed by atoms with Crippen LogP contribution in [-0.4, -0.2) is 56.7 Å². The number of H-pyrrole nitrogens is 2. The summed E-state index contributed by atoms with van der Waals surface area (Å²) in [5.41, 5.74) is 5.07. The number of anilines is 1. The van der Waals surface area contributed by atoms with Crippen LogP contribution >= 0.6 is 0 Å². The summed E-state index contributed by atoms with van der Waals surface area (Å²) in [6.07, 6.45) is 4.83. The van der Waals surface area contributed by atoms with Crippen LogP contribution in [0.5, 0.6) is 0 Å². The maximum atomic E-state index is 13.0. The minimum atomic E-state index is -0.323. The van der Waals surface area contributed by atoms with Crippen molar-refractivity contribution >= 4 is 22.5 Å². The van der Waals surface area contributed by atoms with Crippen molar-refractivity contribution in [2.75, 3.05) is 31.5 Å². The van der Waals surface area contributed by atoms with Gasteiger partial charge in [0.25, 0.3) is 11.5 Å². The molecule has 2 aromatic carbocycles. The summed E-state index contributed by atoms with van der Waals surface area (Å²) in [5, 5.41) is 11.6. The number of amides is 1. The number of aromatic amines is 2. The summed E-state index contributed by atoms with van der Waals surface area (Å²) in [6.45, 7) is 5.61. The molecule has 1 fully saturated rings. The average molecular weight is 508 g/mol. The first-order valence-electron chi connectivity index (χ1n) is 12.8. The highest BCUT2D eigenvalue weighted by atomic mass is 16.2. The molecule has 1 saturated heterocycles. The Bertz CT molecular complexity index is 1630. The number of carbonyl (C=O) groups is 1. The molecule has 9 heteroatoms. The third-order valence-electron chi connectivity index (χ3n) is 6.84. The third-order valence-corrected chi connectivity index (χ3v) is 6.84. The van der Waals surface area contributed by atoms with Gasteiger partial charge in [-0.3, -0.25) is 19.2 Å². The van der Waals surface area contributed by atoms with Gasteiger partial charge in [-0.05, 0) is 35.4 Å². The molecule has 38 heavy (non-hydrogen) atoms. The predicted molar refractivity (Wildman–Crippen MR) is 148 cm³/mol. The number of rotatable bonds is 7. The second-order valence-electron chi connectivity index (χ2n) is 9.63. The van der Waals surface area contributed by atoms with Crippen molar-refractivity contribution in [1.82, 2.24) is 30.0 Å². The number of benzene rings is 2. The van der Waals surface area contributed by atoms with Gasteiger partial charge in [0.2, 0.25) is 0 Å². The minimum absolute atomic E-state index is 0.259. The lowest BCUT2D eigenvalue weighted by atomic mass is 10.1.